The zero-order valence-electron chi connectivity index (χ0n) is 15.2. The zero-order valence-corrected chi connectivity index (χ0v) is 16.0. The second kappa shape index (κ2) is 8.71. The molecule has 0 unspecified atom stereocenters. The van der Waals surface area contributed by atoms with Crippen LogP contribution in [0, 0.1) is 0 Å². The molecule has 2 aromatic carbocycles. The number of ether oxygens (including phenoxy) is 1. The van der Waals surface area contributed by atoms with Crippen molar-refractivity contribution < 1.29 is 17.9 Å². The molecule has 0 radical (unpaired) electrons. The van der Waals surface area contributed by atoms with Gasteiger partial charge in [0.1, 0.15) is 5.75 Å². The van der Waals surface area contributed by atoms with Gasteiger partial charge >= 0.3 is 0 Å². The van der Waals surface area contributed by atoms with Crippen molar-refractivity contribution >= 4 is 21.6 Å². The maximum atomic E-state index is 12.5. The predicted molar refractivity (Wildman–Crippen MR) is 103 cm³/mol. The molecule has 0 spiro atoms. The van der Waals surface area contributed by atoms with Gasteiger partial charge in [0.05, 0.1) is 24.6 Å². The number of hydrogen-bond acceptors (Lipinski definition) is 4. The molecule has 140 valence electrons. The molecule has 0 aromatic heterocycles. The number of anilines is 1. The number of benzene rings is 2. The van der Waals surface area contributed by atoms with Crippen molar-refractivity contribution in [1.82, 2.24) is 5.32 Å². The highest BCUT2D eigenvalue weighted by Crippen LogP contribution is 2.21. The molecule has 6 nitrogen and oxygen atoms in total. The van der Waals surface area contributed by atoms with Gasteiger partial charge in [-0.1, -0.05) is 24.3 Å². The number of aryl methyl sites for hydroxylation is 1. The molecule has 0 aliphatic heterocycles. The van der Waals surface area contributed by atoms with Crippen LogP contribution in [-0.4, -0.2) is 41.3 Å². The summed E-state index contributed by atoms with van der Waals surface area (Å²) in [5.74, 6) is 0.519. The molecule has 0 atom stereocenters. The van der Waals surface area contributed by atoms with E-state index in [0.29, 0.717) is 17.8 Å². The van der Waals surface area contributed by atoms with Crippen LogP contribution in [0.3, 0.4) is 0 Å². The van der Waals surface area contributed by atoms with Crippen LogP contribution in [-0.2, 0) is 16.4 Å². The Morgan fingerprint density at radius 2 is 1.88 bits per heavy atom. The third kappa shape index (κ3) is 5.23. The van der Waals surface area contributed by atoms with Gasteiger partial charge in [-0.3, -0.25) is 9.10 Å². The Kier molecular flexibility index (Phi) is 6.63. The lowest BCUT2D eigenvalue weighted by Crippen LogP contribution is -2.30. The molecule has 7 heteroatoms. The summed E-state index contributed by atoms with van der Waals surface area (Å²) in [6, 6.07) is 14.5. The standard InChI is InChI=1S/C19H24N2O4S/c1-21(26(3,23)24)18-12-5-4-11-17(18)19(22)20-13-7-9-15-8-6-10-16(14-15)25-2/h4-6,8,10-12,14H,7,9,13H2,1-3H3,(H,20,22). The third-order valence-electron chi connectivity index (χ3n) is 4.05. The first-order valence-electron chi connectivity index (χ1n) is 8.27. The van der Waals surface area contributed by atoms with Crippen LogP contribution in [0.15, 0.2) is 48.5 Å². The number of carbonyl (C=O) groups excluding carboxylic acids is 1. The first-order valence-corrected chi connectivity index (χ1v) is 10.1. The first-order chi connectivity index (χ1) is 12.3. The number of rotatable bonds is 8. The van der Waals surface area contributed by atoms with Crippen molar-refractivity contribution in [3.63, 3.8) is 0 Å². The minimum Gasteiger partial charge on any atom is -0.497 e. The van der Waals surface area contributed by atoms with E-state index in [0.717, 1.165) is 34.7 Å². The number of para-hydroxylation sites is 1. The summed E-state index contributed by atoms with van der Waals surface area (Å²) in [7, 11) is -0.374. The number of amides is 1. The van der Waals surface area contributed by atoms with Crippen molar-refractivity contribution in [3.8, 4) is 5.75 Å². The van der Waals surface area contributed by atoms with Gasteiger partial charge in [-0.05, 0) is 42.7 Å². The SMILES string of the molecule is COc1cccc(CCCNC(=O)c2ccccc2N(C)S(C)(=O)=O)c1. The van der Waals surface area contributed by atoms with E-state index in [1.54, 1.807) is 31.4 Å². The molecule has 0 saturated carbocycles. The highest BCUT2D eigenvalue weighted by atomic mass is 32.2. The van der Waals surface area contributed by atoms with Gasteiger partial charge in [0.2, 0.25) is 10.0 Å². The van der Waals surface area contributed by atoms with Crippen LogP contribution >= 0.6 is 0 Å². The van der Waals surface area contributed by atoms with Gasteiger partial charge in [-0.25, -0.2) is 8.42 Å². The number of hydrogen-bond donors (Lipinski definition) is 1. The number of methoxy groups -OCH3 is 1. The molecule has 0 aliphatic carbocycles. The number of nitrogens with one attached hydrogen (secondary N) is 1. The summed E-state index contributed by atoms with van der Waals surface area (Å²) in [6.07, 6.45) is 2.68. The Hall–Kier alpha value is -2.54. The Bertz CT molecular complexity index is 865. The van der Waals surface area contributed by atoms with E-state index >= 15 is 0 Å². The van der Waals surface area contributed by atoms with Crippen molar-refractivity contribution in [2.45, 2.75) is 12.8 Å². The summed E-state index contributed by atoms with van der Waals surface area (Å²) in [5, 5.41) is 2.85. The Labute approximate surface area is 154 Å². The van der Waals surface area contributed by atoms with E-state index in [2.05, 4.69) is 5.32 Å². The smallest absolute Gasteiger partial charge is 0.253 e. The van der Waals surface area contributed by atoms with Crippen LogP contribution in [0.2, 0.25) is 0 Å². The predicted octanol–water partition coefficient (Wildman–Crippen LogP) is 2.45. The molecule has 0 heterocycles. The lowest BCUT2D eigenvalue weighted by molar-refractivity contribution is 0.0954. The molecule has 2 rings (SSSR count). The number of nitrogens with zero attached hydrogens (tertiary/aromatic N) is 1. The summed E-state index contributed by atoms with van der Waals surface area (Å²) in [4.78, 5) is 12.5. The zero-order chi connectivity index (χ0) is 19.2. The fourth-order valence-corrected chi connectivity index (χ4v) is 3.05. The van der Waals surface area contributed by atoms with Crippen molar-refractivity contribution in [3.05, 3.63) is 59.7 Å². The van der Waals surface area contributed by atoms with E-state index in [-0.39, 0.29) is 5.91 Å². The molecule has 26 heavy (non-hydrogen) atoms. The Morgan fingerprint density at radius 3 is 2.58 bits per heavy atom. The van der Waals surface area contributed by atoms with Crippen LogP contribution < -0.4 is 14.4 Å². The molecule has 0 saturated heterocycles. The largest absolute Gasteiger partial charge is 0.497 e. The van der Waals surface area contributed by atoms with Gasteiger partial charge in [0, 0.05) is 13.6 Å². The second-order valence-electron chi connectivity index (χ2n) is 5.96. The minimum absolute atomic E-state index is 0.290. The fraction of sp³-hybridized carbons (Fsp3) is 0.316. The lowest BCUT2D eigenvalue weighted by atomic mass is 10.1. The van der Waals surface area contributed by atoms with Crippen LogP contribution in [0.1, 0.15) is 22.3 Å². The fourth-order valence-electron chi connectivity index (χ4n) is 2.54. The molecule has 1 amide bonds. The van der Waals surface area contributed by atoms with E-state index in [4.69, 9.17) is 4.74 Å². The van der Waals surface area contributed by atoms with Crippen molar-refractivity contribution in [2.75, 3.05) is 31.3 Å². The van der Waals surface area contributed by atoms with Crippen molar-refractivity contribution in [1.29, 1.82) is 0 Å². The minimum atomic E-state index is -3.44. The van der Waals surface area contributed by atoms with Gasteiger partial charge in [-0.2, -0.15) is 0 Å². The first kappa shape index (κ1) is 19.8. The maximum absolute atomic E-state index is 12.5. The summed E-state index contributed by atoms with van der Waals surface area (Å²) < 4.78 is 29.8. The number of sulfonamides is 1. The Balaban J connectivity index is 1.96. The van der Waals surface area contributed by atoms with Crippen LogP contribution in [0.5, 0.6) is 5.75 Å². The summed E-state index contributed by atoms with van der Waals surface area (Å²) in [5.41, 5.74) is 1.83. The normalized spacial score (nSPS) is 11.0. The average Bonchev–Trinajstić information content (AvgIpc) is 2.64. The molecular weight excluding hydrogens is 352 g/mol. The quantitative estimate of drug-likeness (QED) is 0.718. The third-order valence-corrected chi connectivity index (χ3v) is 5.24. The second-order valence-corrected chi connectivity index (χ2v) is 7.97. The highest BCUT2D eigenvalue weighted by Gasteiger charge is 2.19. The van der Waals surface area contributed by atoms with Crippen LogP contribution in [0.4, 0.5) is 5.69 Å². The highest BCUT2D eigenvalue weighted by molar-refractivity contribution is 7.92. The molecular formula is C19H24N2O4S. The van der Waals surface area contributed by atoms with Crippen LogP contribution in [0.25, 0.3) is 0 Å². The summed E-state index contributed by atoms with van der Waals surface area (Å²) in [6.45, 7) is 0.493. The van der Waals surface area contributed by atoms with Gasteiger partial charge in [-0.15, -0.1) is 0 Å². The van der Waals surface area contributed by atoms with Gasteiger partial charge < -0.3 is 10.1 Å². The molecule has 0 aliphatic rings. The van der Waals surface area contributed by atoms with E-state index in [1.807, 2.05) is 24.3 Å². The molecule has 0 bridgehead atoms. The average molecular weight is 376 g/mol. The monoisotopic (exact) mass is 376 g/mol. The van der Waals surface area contributed by atoms with E-state index < -0.39 is 10.0 Å². The van der Waals surface area contributed by atoms with Crippen molar-refractivity contribution in [2.24, 2.45) is 0 Å². The van der Waals surface area contributed by atoms with Gasteiger partial charge in [0.25, 0.3) is 5.91 Å². The topological polar surface area (TPSA) is 75.7 Å². The van der Waals surface area contributed by atoms with E-state index in [9.17, 15) is 13.2 Å². The Morgan fingerprint density at radius 1 is 1.15 bits per heavy atom. The van der Waals surface area contributed by atoms with E-state index in [1.165, 1.54) is 7.05 Å². The van der Waals surface area contributed by atoms with Gasteiger partial charge in [0.15, 0.2) is 0 Å². The lowest BCUT2D eigenvalue weighted by Gasteiger charge is -2.19. The molecule has 2 aromatic rings. The summed E-state index contributed by atoms with van der Waals surface area (Å²) >= 11 is 0. The maximum Gasteiger partial charge on any atom is 0.253 e. The molecule has 0 fully saturated rings. The number of carbonyl (C=O) groups is 1. The molecule has 1 N–H and O–H groups in total.